The second-order valence-electron chi connectivity index (χ2n) is 6.97. The third-order valence-electron chi connectivity index (χ3n) is 4.85. The maximum atomic E-state index is 12.6. The van der Waals surface area contributed by atoms with E-state index in [9.17, 15) is 4.79 Å². The van der Waals surface area contributed by atoms with E-state index in [4.69, 9.17) is 4.74 Å². The normalized spacial score (nSPS) is 10.7. The van der Waals surface area contributed by atoms with Gasteiger partial charge in [0.2, 0.25) is 5.91 Å². The van der Waals surface area contributed by atoms with Gasteiger partial charge >= 0.3 is 0 Å². The Labute approximate surface area is 190 Å². The Balaban J connectivity index is 1.57. The monoisotopic (exact) mass is 445 g/mol. The number of methoxy groups -OCH3 is 1. The molecule has 4 rings (SSSR count). The van der Waals surface area contributed by atoms with Crippen molar-refractivity contribution in [2.45, 2.75) is 18.5 Å². The zero-order valence-electron chi connectivity index (χ0n) is 17.9. The second-order valence-corrected chi connectivity index (χ2v) is 7.91. The zero-order chi connectivity index (χ0) is 22.3. The van der Waals surface area contributed by atoms with E-state index in [0.29, 0.717) is 11.0 Å². The number of amides is 1. The summed E-state index contributed by atoms with van der Waals surface area (Å²) >= 11 is 1.34. The molecule has 2 aromatic carbocycles. The number of thioether (sulfide) groups is 1. The Morgan fingerprint density at radius 1 is 1.06 bits per heavy atom. The van der Waals surface area contributed by atoms with Crippen LogP contribution in [0.3, 0.4) is 0 Å². The summed E-state index contributed by atoms with van der Waals surface area (Å²) in [6.07, 6.45) is 4.35. The van der Waals surface area contributed by atoms with E-state index < -0.39 is 0 Å². The van der Waals surface area contributed by atoms with Crippen molar-refractivity contribution in [1.29, 1.82) is 0 Å². The van der Waals surface area contributed by atoms with Crippen molar-refractivity contribution in [3.8, 4) is 22.8 Å². The highest BCUT2D eigenvalue weighted by atomic mass is 32.2. The number of nitrogens with one attached hydrogen (secondary N) is 1. The van der Waals surface area contributed by atoms with Gasteiger partial charge in [-0.2, -0.15) is 0 Å². The van der Waals surface area contributed by atoms with Crippen LogP contribution in [-0.2, 0) is 11.2 Å². The molecule has 0 bridgehead atoms. The molecule has 0 aliphatic carbocycles. The average molecular weight is 446 g/mol. The van der Waals surface area contributed by atoms with Gasteiger partial charge in [0.15, 0.2) is 11.0 Å². The lowest BCUT2D eigenvalue weighted by atomic mass is 10.1. The number of nitrogens with zero attached hydrogens (tertiary/aromatic N) is 4. The number of pyridine rings is 1. The number of aryl methyl sites for hydroxylation is 1. The van der Waals surface area contributed by atoms with Crippen LogP contribution in [0.4, 0.5) is 5.69 Å². The van der Waals surface area contributed by atoms with Crippen LogP contribution in [0, 0.1) is 0 Å². The smallest absolute Gasteiger partial charge is 0.234 e. The number of hydrogen-bond acceptors (Lipinski definition) is 6. The molecule has 1 amide bonds. The van der Waals surface area contributed by atoms with E-state index >= 15 is 0 Å². The average Bonchev–Trinajstić information content (AvgIpc) is 3.27. The maximum absolute atomic E-state index is 12.6. The molecule has 0 atom stereocenters. The van der Waals surface area contributed by atoms with Crippen molar-refractivity contribution in [1.82, 2.24) is 19.7 Å². The second kappa shape index (κ2) is 10.1. The Morgan fingerprint density at radius 3 is 2.56 bits per heavy atom. The van der Waals surface area contributed by atoms with Crippen LogP contribution < -0.4 is 10.1 Å². The minimum atomic E-state index is -0.0991. The first kappa shape index (κ1) is 21.6. The van der Waals surface area contributed by atoms with E-state index in [1.165, 1.54) is 17.3 Å². The number of hydrogen-bond donors (Lipinski definition) is 1. The van der Waals surface area contributed by atoms with E-state index in [-0.39, 0.29) is 11.7 Å². The van der Waals surface area contributed by atoms with Crippen LogP contribution in [0.15, 0.2) is 78.2 Å². The third-order valence-corrected chi connectivity index (χ3v) is 5.78. The first-order chi connectivity index (χ1) is 15.7. The molecule has 0 saturated heterocycles. The lowest BCUT2D eigenvalue weighted by molar-refractivity contribution is -0.113. The summed E-state index contributed by atoms with van der Waals surface area (Å²) in [6.45, 7) is 2.09. The predicted octanol–water partition coefficient (Wildman–Crippen LogP) is 4.63. The van der Waals surface area contributed by atoms with Crippen molar-refractivity contribution in [2.24, 2.45) is 0 Å². The van der Waals surface area contributed by atoms with Crippen LogP contribution in [0.2, 0.25) is 0 Å². The first-order valence-electron chi connectivity index (χ1n) is 10.2. The standard InChI is InChI=1S/C24H23N5O2S/c1-3-17-5-4-6-19(15-17)26-22(30)16-32-24-28-27-23(18-11-13-25-14-12-18)29(24)20-7-9-21(31-2)10-8-20/h4-15H,3,16H2,1-2H3,(H,26,30). The highest BCUT2D eigenvalue weighted by Crippen LogP contribution is 2.28. The molecule has 0 aliphatic heterocycles. The Morgan fingerprint density at radius 2 is 1.84 bits per heavy atom. The minimum absolute atomic E-state index is 0.0991. The summed E-state index contributed by atoms with van der Waals surface area (Å²) in [5.74, 6) is 1.55. The molecule has 4 aromatic rings. The number of anilines is 1. The molecule has 8 heteroatoms. The highest BCUT2D eigenvalue weighted by molar-refractivity contribution is 7.99. The summed E-state index contributed by atoms with van der Waals surface area (Å²) in [6, 6.07) is 19.3. The summed E-state index contributed by atoms with van der Waals surface area (Å²) in [4.78, 5) is 16.7. The van der Waals surface area contributed by atoms with Crippen LogP contribution in [0.25, 0.3) is 17.1 Å². The number of rotatable bonds is 8. The van der Waals surface area contributed by atoms with Crippen LogP contribution in [-0.4, -0.2) is 38.5 Å². The SMILES string of the molecule is CCc1cccc(NC(=O)CSc2nnc(-c3ccncc3)n2-c2ccc(OC)cc2)c1. The van der Waals surface area contributed by atoms with Gasteiger partial charge in [0, 0.05) is 29.3 Å². The van der Waals surface area contributed by atoms with Gasteiger partial charge in [-0.15, -0.1) is 10.2 Å². The summed E-state index contributed by atoms with van der Waals surface area (Å²) in [5.41, 5.74) is 3.73. The summed E-state index contributed by atoms with van der Waals surface area (Å²) in [7, 11) is 1.63. The van der Waals surface area contributed by atoms with Gasteiger partial charge in [-0.25, -0.2) is 0 Å². The molecule has 0 fully saturated rings. The van der Waals surface area contributed by atoms with E-state index in [1.807, 2.05) is 65.2 Å². The number of carbonyl (C=O) groups excluding carboxylic acids is 1. The fourth-order valence-corrected chi connectivity index (χ4v) is 3.96. The van der Waals surface area contributed by atoms with Gasteiger partial charge in [0.25, 0.3) is 0 Å². The number of ether oxygens (including phenoxy) is 1. The van der Waals surface area contributed by atoms with Gasteiger partial charge in [0.05, 0.1) is 12.9 Å². The van der Waals surface area contributed by atoms with Crippen LogP contribution in [0.1, 0.15) is 12.5 Å². The Kier molecular flexibility index (Phi) is 6.81. The highest BCUT2D eigenvalue weighted by Gasteiger charge is 2.17. The van der Waals surface area contributed by atoms with E-state index in [1.54, 1.807) is 19.5 Å². The lowest BCUT2D eigenvalue weighted by Gasteiger charge is -2.11. The molecular weight excluding hydrogens is 422 g/mol. The molecule has 0 aliphatic rings. The molecule has 2 heterocycles. The molecule has 0 saturated carbocycles. The molecule has 2 aromatic heterocycles. The van der Waals surface area contributed by atoms with Gasteiger partial charge in [-0.3, -0.25) is 14.3 Å². The fourth-order valence-electron chi connectivity index (χ4n) is 3.21. The van der Waals surface area contributed by atoms with Crippen molar-refractivity contribution >= 4 is 23.4 Å². The predicted molar refractivity (Wildman–Crippen MR) is 126 cm³/mol. The van der Waals surface area contributed by atoms with Crippen molar-refractivity contribution in [3.05, 3.63) is 78.6 Å². The first-order valence-corrected chi connectivity index (χ1v) is 11.2. The number of benzene rings is 2. The fraction of sp³-hybridized carbons (Fsp3) is 0.167. The summed E-state index contributed by atoms with van der Waals surface area (Å²) < 4.78 is 7.21. The van der Waals surface area contributed by atoms with Gasteiger partial charge in [0.1, 0.15) is 5.75 Å². The molecule has 0 unspecified atom stereocenters. The summed E-state index contributed by atoms with van der Waals surface area (Å²) in [5, 5.41) is 12.3. The van der Waals surface area contributed by atoms with E-state index in [2.05, 4.69) is 27.4 Å². The maximum Gasteiger partial charge on any atom is 0.234 e. The minimum Gasteiger partial charge on any atom is -0.497 e. The van der Waals surface area contributed by atoms with Crippen molar-refractivity contribution in [3.63, 3.8) is 0 Å². The van der Waals surface area contributed by atoms with Gasteiger partial charge < -0.3 is 10.1 Å². The van der Waals surface area contributed by atoms with Crippen molar-refractivity contribution < 1.29 is 9.53 Å². The lowest BCUT2D eigenvalue weighted by Crippen LogP contribution is -2.14. The third kappa shape index (κ3) is 4.97. The Bertz CT molecular complexity index is 1190. The number of carbonyl (C=O) groups is 1. The Hall–Kier alpha value is -3.65. The molecule has 7 nitrogen and oxygen atoms in total. The molecular formula is C24H23N5O2S. The molecule has 1 N–H and O–H groups in total. The van der Waals surface area contributed by atoms with E-state index in [0.717, 1.165) is 29.1 Å². The molecule has 32 heavy (non-hydrogen) atoms. The zero-order valence-corrected chi connectivity index (χ0v) is 18.7. The quantitative estimate of drug-likeness (QED) is 0.398. The van der Waals surface area contributed by atoms with Gasteiger partial charge in [-0.1, -0.05) is 30.8 Å². The molecule has 0 radical (unpaired) electrons. The topological polar surface area (TPSA) is 81.9 Å². The van der Waals surface area contributed by atoms with Gasteiger partial charge in [-0.05, 0) is 60.5 Å². The van der Waals surface area contributed by atoms with Crippen molar-refractivity contribution in [2.75, 3.05) is 18.2 Å². The van der Waals surface area contributed by atoms with Crippen LogP contribution in [0.5, 0.6) is 5.75 Å². The number of aromatic nitrogens is 4. The largest absolute Gasteiger partial charge is 0.497 e. The molecule has 0 spiro atoms. The molecule has 162 valence electrons. The van der Waals surface area contributed by atoms with Crippen LogP contribution >= 0.6 is 11.8 Å².